The van der Waals surface area contributed by atoms with Crippen LogP contribution in [0.4, 0.5) is 0 Å². The van der Waals surface area contributed by atoms with Crippen LogP contribution in [-0.2, 0) is 14.4 Å². The van der Waals surface area contributed by atoms with Crippen LogP contribution in [0.5, 0.6) is 0 Å². The molecule has 1 aromatic carbocycles. The van der Waals surface area contributed by atoms with Crippen molar-refractivity contribution < 1.29 is 34.5 Å². The number of hydrogen-bond donors (Lipinski definition) is 8. The first-order chi connectivity index (χ1) is 18.1. The van der Waals surface area contributed by atoms with Crippen LogP contribution in [0.15, 0.2) is 48.7 Å². The number of carbonyl (C=O) groups excluding carboxylic acids is 3. The second-order valence-corrected chi connectivity index (χ2v) is 9.00. The molecule has 2 rings (SSSR count). The highest BCUT2D eigenvalue weighted by Crippen LogP contribution is 2.17. The fraction of sp³-hybridized carbons (Fsp3) is 0.400. The number of aromatic amines is 1. The number of rotatable bonds is 14. The Morgan fingerprint density at radius 2 is 1.66 bits per heavy atom. The number of aliphatic hydroxyl groups excluding tert-OH is 2. The van der Waals surface area contributed by atoms with Crippen molar-refractivity contribution >= 4 is 40.9 Å². The zero-order chi connectivity index (χ0) is 28.2. The Bertz CT molecular complexity index is 1090. The van der Waals surface area contributed by atoms with E-state index in [0.29, 0.717) is 5.56 Å². The van der Waals surface area contributed by atoms with Gasteiger partial charge in [0.15, 0.2) is 0 Å². The zero-order valence-corrected chi connectivity index (χ0v) is 21.8. The van der Waals surface area contributed by atoms with Crippen LogP contribution < -0.4 is 21.3 Å². The molecule has 0 aliphatic heterocycles. The van der Waals surface area contributed by atoms with Gasteiger partial charge in [-0.15, -0.1) is 0 Å². The van der Waals surface area contributed by atoms with Crippen molar-refractivity contribution in [3.8, 4) is 0 Å². The number of amides is 3. The van der Waals surface area contributed by atoms with Crippen LogP contribution in [0.1, 0.15) is 48.8 Å². The smallest absolute Gasteiger partial charge is 0.326 e. The lowest BCUT2D eigenvalue weighted by atomic mass is 10.0. The molecule has 0 saturated carbocycles. The SMILES string of the molecule is CC[C@H](NC(=O)C[C@@H](NC(=S)[C@H](CO)NC(=O)[C@@H](NC(=O)c1ccc[nH]1)[C@H](C)O)c1ccccc1)C(=O)O. The number of carboxylic acids is 1. The van der Waals surface area contributed by atoms with E-state index in [1.807, 2.05) is 0 Å². The van der Waals surface area contributed by atoms with Gasteiger partial charge in [-0.2, -0.15) is 0 Å². The number of aromatic nitrogens is 1. The number of carbonyl (C=O) groups is 4. The Balaban J connectivity index is 2.13. The molecule has 206 valence electrons. The second-order valence-electron chi connectivity index (χ2n) is 8.56. The molecule has 0 unspecified atom stereocenters. The maximum absolute atomic E-state index is 12.9. The fourth-order valence-corrected chi connectivity index (χ4v) is 3.81. The molecule has 3 amide bonds. The van der Waals surface area contributed by atoms with Crippen LogP contribution in [0.25, 0.3) is 0 Å². The number of hydrogen-bond acceptors (Lipinski definition) is 7. The number of H-pyrrole nitrogens is 1. The van der Waals surface area contributed by atoms with Gasteiger partial charge < -0.3 is 41.6 Å². The minimum Gasteiger partial charge on any atom is -0.480 e. The predicted molar refractivity (Wildman–Crippen MR) is 142 cm³/mol. The zero-order valence-electron chi connectivity index (χ0n) is 21.0. The maximum atomic E-state index is 12.9. The summed E-state index contributed by atoms with van der Waals surface area (Å²) in [6.07, 6.45) is 0.289. The second kappa shape index (κ2) is 14.8. The van der Waals surface area contributed by atoms with Gasteiger partial charge in [0.25, 0.3) is 5.91 Å². The van der Waals surface area contributed by atoms with Crippen molar-refractivity contribution in [1.82, 2.24) is 26.3 Å². The summed E-state index contributed by atoms with van der Waals surface area (Å²) in [5, 5.41) is 39.6. The molecule has 8 N–H and O–H groups in total. The number of thiocarbonyl (C=S) groups is 1. The highest BCUT2D eigenvalue weighted by atomic mass is 32.1. The highest BCUT2D eigenvalue weighted by Gasteiger charge is 2.30. The molecular formula is C25H33N5O7S. The highest BCUT2D eigenvalue weighted by molar-refractivity contribution is 7.80. The number of nitrogens with one attached hydrogen (secondary N) is 5. The first-order valence-electron chi connectivity index (χ1n) is 12.0. The number of aliphatic hydroxyl groups is 2. The Kier molecular flexibility index (Phi) is 11.9. The average molecular weight is 548 g/mol. The van der Waals surface area contributed by atoms with E-state index < -0.39 is 60.6 Å². The predicted octanol–water partition coefficient (Wildman–Crippen LogP) is -0.00120. The van der Waals surface area contributed by atoms with Crippen molar-refractivity contribution in [2.45, 2.75) is 57.0 Å². The first-order valence-corrected chi connectivity index (χ1v) is 12.4. The summed E-state index contributed by atoms with van der Waals surface area (Å²) in [7, 11) is 0. The number of aliphatic carboxylic acids is 1. The van der Waals surface area contributed by atoms with Gasteiger partial charge in [-0.3, -0.25) is 14.4 Å². The molecule has 38 heavy (non-hydrogen) atoms. The average Bonchev–Trinajstić information content (AvgIpc) is 3.43. The van der Waals surface area contributed by atoms with Gasteiger partial charge in [-0.25, -0.2) is 4.79 Å². The summed E-state index contributed by atoms with van der Waals surface area (Å²) in [5.74, 6) is -3.09. The number of carboxylic acid groups (broad SMARTS) is 1. The molecule has 5 atom stereocenters. The van der Waals surface area contributed by atoms with Gasteiger partial charge in [-0.05, 0) is 31.0 Å². The van der Waals surface area contributed by atoms with Crippen molar-refractivity contribution in [2.24, 2.45) is 0 Å². The largest absolute Gasteiger partial charge is 0.480 e. The Morgan fingerprint density at radius 1 is 0.974 bits per heavy atom. The van der Waals surface area contributed by atoms with E-state index in [0.717, 1.165) is 0 Å². The molecular weight excluding hydrogens is 514 g/mol. The fourth-order valence-electron chi connectivity index (χ4n) is 3.54. The summed E-state index contributed by atoms with van der Waals surface area (Å²) in [4.78, 5) is 51.9. The van der Waals surface area contributed by atoms with Gasteiger partial charge in [0, 0.05) is 6.20 Å². The lowest BCUT2D eigenvalue weighted by Gasteiger charge is -2.27. The molecule has 0 saturated heterocycles. The van der Waals surface area contributed by atoms with E-state index >= 15 is 0 Å². The molecule has 0 aliphatic carbocycles. The van der Waals surface area contributed by atoms with Crippen molar-refractivity contribution in [2.75, 3.05) is 6.61 Å². The van der Waals surface area contributed by atoms with Gasteiger partial charge in [0.1, 0.15) is 28.8 Å². The van der Waals surface area contributed by atoms with E-state index in [9.17, 15) is 34.5 Å². The Hall–Kier alpha value is -3.81. The molecule has 0 radical (unpaired) electrons. The van der Waals surface area contributed by atoms with E-state index in [1.54, 1.807) is 43.3 Å². The third-order valence-electron chi connectivity index (χ3n) is 5.66. The Labute approximate surface area is 225 Å². The topological polar surface area (TPSA) is 193 Å². The van der Waals surface area contributed by atoms with E-state index in [2.05, 4.69) is 26.3 Å². The molecule has 0 spiro atoms. The first kappa shape index (κ1) is 30.4. The van der Waals surface area contributed by atoms with Crippen molar-refractivity contribution in [3.63, 3.8) is 0 Å². The van der Waals surface area contributed by atoms with E-state index in [4.69, 9.17) is 12.2 Å². The summed E-state index contributed by atoms with van der Waals surface area (Å²) in [6, 6.07) is 7.67. The molecule has 0 bridgehead atoms. The van der Waals surface area contributed by atoms with Crippen LogP contribution in [0, 0.1) is 0 Å². The molecule has 1 heterocycles. The van der Waals surface area contributed by atoms with Gasteiger partial charge in [-0.1, -0.05) is 49.5 Å². The molecule has 2 aromatic rings. The summed E-state index contributed by atoms with van der Waals surface area (Å²) in [6.45, 7) is 2.35. The minimum absolute atomic E-state index is 0.00665. The summed E-state index contributed by atoms with van der Waals surface area (Å²) < 4.78 is 0. The third kappa shape index (κ3) is 8.94. The lowest BCUT2D eigenvalue weighted by Crippen LogP contribution is -2.58. The molecule has 0 fully saturated rings. The summed E-state index contributed by atoms with van der Waals surface area (Å²) >= 11 is 5.41. The minimum atomic E-state index is -1.35. The normalized spacial score (nSPS) is 14.7. The molecule has 0 aliphatic rings. The lowest BCUT2D eigenvalue weighted by molar-refractivity contribution is -0.142. The van der Waals surface area contributed by atoms with Crippen molar-refractivity contribution in [1.29, 1.82) is 0 Å². The van der Waals surface area contributed by atoms with Gasteiger partial charge in [0.05, 0.1) is 25.2 Å². The molecule has 13 heteroatoms. The van der Waals surface area contributed by atoms with Crippen molar-refractivity contribution in [3.05, 3.63) is 59.9 Å². The quantitative estimate of drug-likeness (QED) is 0.150. The standard InChI is InChI=1S/C25H33N5O7S/c1-3-16(25(36)37)27-20(33)12-18(15-8-5-4-6-9-15)29-24(38)19(13-31)28-23(35)21(14(2)32)30-22(34)17-10-7-11-26-17/h4-11,14,16,18-19,21,26,31-32H,3,12-13H2,1-2H3,(H,27,33)(H,28,35)(H,29,38)(H,30,34)(H,36,37)/t14-,16-,18+,19-,21-/m0/s1. The van der Waals surface area contributed by atoms with Crippen LogP contribution in [0.2, 0.25) is 0 Å². The monoisotopic (exact) mass is 547 g/mol. The Morgan fingerprint density at radius 3 is 2.18 bits per heavy atom. The van der Waals surface area contributed by atoms with Crippen LogP contribution >= 0.6 is 12.2 Å². The molecule has 12 nitrogen and oxygen atoms in total. The number of benzene rings is 1. The molecule has 1 aromatic heterocycles. The van der Waals surface area contributed by atoms with E-state index in [1.165, 1.54) is 19.2 Å². The summed E-state index contributed by atoms with van der Waals surface area (Å²) in [5.41, 5.74) is 0.855. The van der Waals surface area contributed by atoms with Gasteiger partial charge >= 0.3 is 5.97 Å². The maximum Gasteiger partial charge on any atom is 0.326 e. The van der Waals surface area contributed by atoms with Crippen LogP contribution in [-0.4, -0.2) is 79.8 Å². The van der Waals surface area contributed by atoms with Gasteiger partial charge in [0.2, 0.25) is 11.8 Å². The van der Waals surface area contributed by atoms with Crippen LogP contribution in [0.3, 0.4) is 0 Å². The van der Waals surface area contributed by atoms with E-state index in [-0.39, 0.29) is 23.5 Å². The third-order valence-corrected chi connectivity index (χ3v) is 6.06.